The van der Waals surface area contributed by atoms with E-state index in [1.54, 1.807) is 0 Å². The van der Waals surface area contributed by atoms with Crippen LogP contribution >= 0.6 is 27.7 Å². The van der Waals surface area contributed by atoms with Crippen LogP contribution in [-0.4, -0.2) is 26.4 Å². The molecule has 0 saturated carbocycles. The summed E-state index contributed by atoms with van der Waals surface area (Å²) in [5.41, 5.74) is 0.816. The van der Waals surface area contributed by atoms with Gasteiger partial charge in [0.05, 0.1) is 0 Å². The monoisotopic (exact) mass is 354 g/mol. The van der Waals surface area contributed by atoms with Gasteiger partial charge in [0.25, 0.3) is 0 Å². The van der Waals surface area contributed by atoms with Crippen molar-refractivity contribution in [1.82, 2.24) is 15.2 Å². The lowest BCUT2D eigenvalue weighted by atomic mass is 10.2. The zero-order valence-electron chi connectivity index (χ0n) is 10.8. The van der Waals surface area contributed by atoms with Crippen LogP contribution in [0.3, 0.4) is 0 Å². The fourth-order valence-electron chi connectivity index (χ4n) is 1.56. The normalized spacial score (nSPS) is 10.4. The molecule has 0 aliphatic rings. The summed E-state index contributed by atoms with van der Waals surface area (Å²) < 4.78 is 0. The number of nitrogens with zero attached hydrogens (tertiary/aromatic N) is 2. The summed E-state index contributed by atoms with van der Waals surface area (Å²) in [7, 11) is 0. The van der Waals surface area contributed by atoms with E-state index < -0.39 is 0 Å². The molecule has 1 heterocycles. The molecule has 106 valence electrons. The summed E-state index contributed by atoms with van der Waals surface area (Å²) in [6, 6.07) is 7.67. The molecule has 1 aromatic carbocycles. The first-order valence-electron chi connectivity index (χ1n) is 6.27. The molecule has 2 aromatic rings. The molecule has 0 unspecified atom stereocenters. The molecule has 1 aromatic heterocycles. The number of anilines is 1. The number of amides is 1. The fraction of sp³-hybridized carbons (Fsp3) is 0.308. The fourth-order valence-corrected chi connectivity index (χ4v) is 2.66. The highest BCUT2D eigenvalue weighted by Crippen LogP contribution is 2.25. The Labute approximate surface area is 130 Å². The van der Waals surface area contributed by atoms with Gasteiger partial charge in [0.2, 0.25) is 5.91 Å². The number of nitrogens with one attached hydrogen (secondary N) is 2. The minimum atomic E-state index is 0.0570. The highest BCUT2D eigenvalue weighted by Gasteiger charge is 2.03. The summed E-state index contributed by atoms with van der Waals surface area (Å²) in [5, 5.41) is 11.2. The number of carbonyl (C=O) groups excluding carboxylic acids is 1. The standard InChI is InChI=1S/C13H15BrN4OS/c14-8-2-1-3-12(19)17-10-4-6-11(7-5-10)20-13-15-9-16-18-13/h4-7,9H,1-3,8H2,(H,17,19)(H,15,16,18). The third-order valence-corrected chi connectivity index (χ3v) is 3.99. The number of hydrogen-bond acceptors (Lipinski definition) is 4. The molecule has 0 aliphatic carbocycles. The SMILES string of the molecule is O=C(CCCCBr)Nc1ccc(Sc2ncn[nH]2)cc1. The van der Waals surface area contributed by atoms with Crippen LogP contribution in [0.15, 0.2) is 40.6 Å². The van der Waals surface area contributed by atoms with Crippen molar-refractivity contribution in [3.05, 3.63) is 30.6 Å². The number of hydrogen-bond donors (Lipinski definition) is 2. The van der Waals surface area contributed by atoms with Crippen LogP contribution in [0.25, 0.3) is 0 Å². The third-order valence-electron chi connectivity index (χ3n) is 2.53. The first kappa shape index (κ1) is 15.1. The van der Waals surface area contributed by atoms with E-state index in [-0.39, 0.29) is 5.91 Å². The highest BCUT2D eigenvalue weighted by atomic mass is 79.9. The lowest BCUT2D eigenvalue weighted by Crippen LogP contribution is -2.10. The molecule has 1 amide bonds. The van der Waals surface area contributed by atoms with Crippen molar-refractivity contribution in [3.63, 3.8) is 0 Å². The Kier molecular flexibility index (Phi) is 6.07. The number of carbonyl (C=O) groups is 1. The van der Waals surface area contributed by atoms with Crippen LogP contribution in [0.5, 0.6) is 0 Å². The Morgan fingerprint density at radius 2 is 2.10 bits per heavy atom. The number of benzene rings is 1. The molecule has 2 rings (SSSR count). The zero-order chi connectivity index (χ0) is 14.2. The number of unbranched alkanes of at least 4 members (excludes halogenated alkanes) is 1. The van der Waals surface area contributed by atoms with Crippen LogP contribution < -0.4 is 5.32 Å². The van der Waals surface area contributed by atoms with Crippen LogP contribution in [0.1, 0.15) is 19.3 Å². The molecule has 20 heavy (non-hydrogen) atoms. The smallest absolute Gasteiger partial charge is 0.224 e. The van der Waals surface area contributed by atoms with Crippen molar-refractivity contribution in [2.24, 2.45) is 0 Å². The summed E-state index contributed by atoms with van der Waals surface area (Å²) in [6.07, 6.45) is 3.95. The minimum absolute atomic E-state index is 0.0570. The van der Waals surface area contributed by atoms with Crippen molar-refractivity contribution in [3.8, 4) is 0 Å². The van der Waals surface area contributed by atoms with Crippen molar-refractivity contribution >= 4 is 39.3 Å². The van der Waals surface area contributed by atoms with E-state index in [1.807, 2.05) is 24.3 Å². The molecule has 0 aliphatic heterocycles. The van der Waals surface area contributed by atoms with Crippen LogP contribution in [0.2, 0.25) is 0 Å². The number of aromatic nitrogens is 3. The van der Waals surface area contributed by atoms with Crippen LogP contribution in [0, 0.1) is 0 Å². The number of H-pyrrole nitrogens is 1. The summed E-state index contributed by atoms with van der Waals surface area (Å²) in [4.78, 5) is 16.8. The second-order valence-electron chi connectivity index (χ2n) is 4.11. The zero-order valence-corrected chi connectivity index (χ0v) is 13.2. The van der Waals surface area contributed by atoms with E-state index in [2.05, 4.69) is 36.4 Å². The maximum absolute atomic E-state index is 11.7. The average Bonchev–Trinajstić information content (AvgIpc) is 2.94. The second kappa shape index (κ2) is 8.06. The van der Waals surface area contributed by atoms with Crippen molar-refractivity contribution in [2.45, 2.75) is 29.3 Å². The van der Waals surface area contributed by atoms with E-state index in [0.29, 0.717) is 6.42 Å². The number of aromatic amines is 1. The van der Waals surface area contributed by atoms with Gasteiger partial charge >= 0.3 is 0 Å². The average molecular weight is 355 g/mol. The van der Waals surface area contributed by atoms with Gasteiger partial charge in [-0.05, 0) is 37.1 Å². The van der Waals surface area contributed by atoms with Gasteiger partial charge in [-0.1, -0.05) is 27.7 Å². The predicted octanol–water partition coefficient (Wildman–Crippen LogP) is 3.46. The van der Waals surface area contributed by atoms with E-state index in [1.165, 1.54) is 18.1 Å². The van der Waals surface area contributed by atoms with Gasteiger partial charge in [0.15, 0.2) is 5.16 Å². The topological polar surface area (TPSA) is 70.7 Å². The number of rotatable bonds is 7. The van der Waals surface area contributed by atoms with Crippen molar-refractivity contribution in [1.29, 1.82) is 0 Å². The number of halogens is 1. The minimum Gasteiger partial charge on any atom is -0.326 e. The predicted molar refractivity (Wildman–Crippen MR) is 83.2 cm³/mol. The first-order valence-corrected chi connectivity index (χ1v) is 8.21. The van der Waals surface area contributed by atoms with E-state index in [0.717, 1.165) is 33.9 Å². The van der Waals surface area contributed by atoms with E-state index in [9.17, 15) is 4.79 Å². The Morgan fingerprint density at radius 1 is 1.30 bits per heavy atom. The van der Waals surface area contributed by atoms with Gasteiger partial charge in [-0.2, -0.15) is 5.10 Å². The maximum Gasteiger partial charge on any atom is 0.224 e. The molecule has 0 radical (unpaired) electrons. The maximum atomic E-state index is 11.7. The van der Waals surface area contributed by atoms with Crippen molar-refractivity contribution in [2.75, 3.05) is 10.6 Å². The first-order chi connectivity index (χ1) is 9.78. The van der Waals surface area contributed by atoms with Crippen LogP contribution in [-0.2, 0) is 4.79 Å². The molecule has 0 spiro atoms. The molecule has 2 N–H and O–H groups in total. The Balaban J connectivity index is 1.83. The van der Waals surface area contributed by atoms with Gasteiger partial charge in [-0.15, -0.1) is 0 Å². The van der Waals surface area contributed by atoms with Gasteiger partial charge in [-0.3, -0.25) is 9.89 Å². The molecule has 0 bridgehead atoms. The highest BCUT2D eigenvalue weighted by molar-refractivity contribution is 9.09. The Morgan fingerprint density at radius 3 is 2.75 bits per heavy atom. The summed E-state index contributed by atoms with van der Waals surface area (Å²) in [6.45, 7) is 0. The Bertz CT molecular complexity index is 530. The molecular weight excluding hydrogens is 340 g/mol. The molecule has 0 saturated heterocycles. The molecule has 0 fully saturated rings. The van der Waals surface area contributed by atoms with E-state index in [4.69, 9.17) is 0 Å². The molecule has 7 heteroatoms. The second-order valence-corrected chi connectivity index (χ2v) is 5.97. The van der Waals surface area contributed by atoms with Crippen molar-refractivity contribution < 1.29 is 4.79 Å². The summed E-state index contributed by atoms with van der Waals surface area (Å²) in [5.74, 6) is 0.0570. The van der Waals surface area contributed by atoms with Gasteiger partial charge in [0.1, 0.15) is 6.33 Å². The third kappa shape index (κ3) is 4.97. The van der Waals surface area contributed by atoms with Crippen LogP contribution in [0.4, 0.5) is 5.69 Å². The molecular formula is C13H15BrN4OS. The summed E-state index contributed by atoms with van der Waals surface area (Å²) >= 11 is 4.84. The van der Waals surface area contributed by atoms with E-state index >= 15 is 0 Å². The largest absolute Gasteiger partial charge is 0.326 e. The lowest BCUT2D eigenvalue weighted by Gasteiger charge is -2.05. The van der Waals surface area contributed by atoms with Gasteiger partial charge < -0.3 is 5.32 Å². The van der Waals surface area contributed by atoms with Gasteiger partial charge in [0, 0.05) is 22.3 Å². The quantitative estimate of drug-likeness (QED) is 0.589. The number of alkyl halides is 1. The lowest BCUT2D eigenvalue weighted by molar-refractivity contribution is -0.116. The molecule has 5 nitrogen and oxygen atoms in total. The van der Waals surface area contributed by atoms with Gasteiger partial charge in [-0.25, -0.2) is 4.98 Å². The molecule has 0 atom stereocenters. The Hall–Kier alpha value is -1.34.